The second kappa shape index (κ2) is 11.6. The summed E-state index contributed by atoms with van der Waals surface area (Å²) in [5.41, 5.74) is 5.44. The van der Waals surface area contributed by atoms with E-state index in [9.17, 15) is 9.59 Å². The molecular weight excluding hydrogens is 504 g/mol. The maximum Gasteiger partial charge on any atom is 0.270 e. The second-order valence-electron chi connectivity index (χ2n) is 8.71. The summed E-state index contributed by atoms with van der Waals surface area (Å²) >= 11 is 6.75. The van der Waals surface area contributed by atoms with Gasteiger partial charge in [0.1, 0.15) is 0 Å². The van der Waals surface area contributed by atoms with Crippen LogP contribution in [0.1, 0.15) is 29.2 Å². The molecule has 1 heterocycles. The van der Waals surface area contributed by atoms with Crippen LogP contribution in [-0.2, 0) is 9.59 Å². The molecule has 37 heavy (non-hydrogen) atoms. The molecule has 0 radical (unpaired) electrons. The molecule has 6 nitrogen and oxygen atoms in total. The first-order valence-corrected chi connectivity index (χ1v) is 13.1. The van der Waals surface area contributed by atoms with Crippen molar-refractivity contribution >= 4 is 57.6 Å². The fraction of sp³-hybridized carbons (Fsp3) is 0.207. The Bertz CT molecular complexity index is 1380. The number of carbonyl (C=O) groups excluding carboxylic acids is 2. The van der Waals surface area contributed by atoms with Gasteiger partial charge >= 0.3 is 0 Å². The molecule has 1 aliphatic rings. The number of hydrogen-bond donors (Lipinski definition) is 1. The van der Waals surface area contributed by atoms with Crippen LogP contribution in [0.2, 0.25) is 0 Å². The van der Waals surface area contributed by atoms with Gasteiger partial charge in [0, 0.05) is 5.69 Å². The molecule has 1 aliphatic heterocycles. The first-order chi connectivity index (χ1) is 17.7. The molecule has 1 saturated heterocycles. The molecule has 190 valence electrons. The van der Waals surface area contributed by atoms with Gasteiger partial charge in [0.2, 0.25) is 0 Å². The summed E-state index contributed by atoms with van der Waals surface area (Å²) in [7, 11) is 0. The van der Waals surface area contributed by atoms with Gasteiger partial charge in [-0.2, -0.15) is 0 Å². The van der Waals surface area contributed by atoms with E-state index in [-0.39, 0.29) is 18.4 Å². The number of aryl methyl sites for hydroxylation is 3. The van der Waals surface area contributed by atoms with E-state index in [2.05, 4.69) is 5.32 Å². The van der Waals surface area contributed by atoms with Crippen molar-refractivity contribution < 1.29 is 19.1 Å². The van der Waals surface area contributed by atoms with Crippen LogP contribution < -0.4 is 19.7 Å². The maximum atomic E-state index is 13.1. The predicted molar refractivity (Wildman–Crippen MR) is 154 cm³/mol. The van der Waals surface area contributed by atoms with Crippen LogP contribution in [0.4, 0.5) is 11.4 Å². The third-order valence-corrected chi connectivity index (χ3v) is 6.79. The minimum Gasteiger partial charge on any atom is -0.490 e. The van der Waals surface area contributed by atoms with Crippen LogP contribution in [0.15, 0.2) is 65.6 Å². The van der Waals surface area contributed by atoms with E-state index in [1.54, 1.807) is 23.1 Å². The largest absolute Gasteiger partial charge is 0.490 e. The minimum absolute atomic E-state index is 0.165. The number of hydrogen-bond acceptors (Lipinski definition) is 6. The third kappa shape index (κ3) is 6.58. The Hall–Kier alpha value is -3.62. The second-order valence-corrected chi connectivity index (χ2v) is 10.4. The summed E-state index contributed by atoms with van der Waals surface area (Å²) in [4.78, 5) is 27.7. The molecule has 0 saturated carbocycles. The molecular formula is C29H28N2O4S2. The van der Waals surface area contributed by atoms with Crippen LogP contribution >= 0.6 is 24.0 Å². The van der Waals surface area contributed by atoms with Gasteiger partial charge in [-0.05, 0) is 92.4 Å². The van der Waals surface area contributed by atoms with Crippen LogP contribution in [-0.4, -0.2) is 29.3 Å². The summed E-state index contributed by atoms with van der Waals surface area (Å²) in [6, 6.07) is 18.9. The summed E-state index contributed by atoms with van der Waals surface area (Å²) in [6.45, 7) is 8.07. The zero-order valence-corrected chi connectivity index (χ0v) is 22.8. The van der Waals surface area contributed by atoms with Crippen molar-refractivity contribution in [3.8, 4) is 11.5 Å². The van der Waals surface area contributed by atoms with Crippen molar-refractivity contribution in [1.82, 2.24) is 0 Å². The number of nitrogens with one attached hydrogen (secondary N) is 1. The number of rotatable bonds is 8. The average molecular weight is 533 g/mol. The van der Waals surface area contributed by atoms with Crippen molar-refractivity contribution in [3.05, 3.63) is 87.8 Å². The van der Waals surface area contributed by atoms with Gasteiger partial charge in [-0.25, -0.2) is 0 Å². The van der Waals surface area contributed by atoms with E-state index in [0.717, 1.165) is 33.6 Å². The van der Waals surface area contributed by atoms with E-state index in [0.29, 0.717) is 27.3 Å². The highest BCUT2D eigenvalue weighted by atomic mass is 32.2. The number of ether oxygens (including phenoxy) is 2. The molecule has 0 bridgehead atoms. The lowest BCUT2D eigenvalue weighted by Gasteiger charge is -2.15. The lowest BCUT2D eigenvalue weighted by atomic mass is 10.1. The van der Waals surface area contributed by atoms with Crippen molar-refractivity contribution in [2.45, 2.75) is 27.7 Å². The molecule has 1 N–H and O–H groups in total. The smallest absolute Gasteiger partial charge is 0.270 e. The summed E-state index contributed by atoms with van der Waals surface area (Å²) in [5, 5.41) is 2.86. The third-order valence-electron chi connectivity index (χ3n) is 5.48. The quantitative estimate of drug-likeness (QED) is 0.266. The first kappa shape index (κ1) is 26.4. The molecule has 4 rings (SSSR count). The Labute approximate surface area is 226 Å². The topological polar surface area (TPSA) is 67.9 Å². The van der Waals surface area contributed by atoms with Gasteiger partial charge in [0.15, 0.2) is 22.4 Å². The number of benzene rings is 3. The fourth-order valence-corrected chi connectivity index (χ4v) is 5.30. The molecule has 0 unspecified atom stereocenters. The monoisotopic (exact) mass is 532 g/mol. The van der Waals surface area contributed by atoms with E-state index >= 15 is 0 Å². The van der Waals surface area contributed by atoms with E-state index in [1.807, 2.05) is 76.2 Å². The van der Waals surface area contributed by atoms with Crippen molar-refractivity contribution in [1.29, 1.82) is 0 Å². The Morgan fingerprint density at radius 1 is 0.973 bits per heavy atom. The van der Waals surface area contributed by atoms with Crippen molar-refractivity contribution in [3.63, 3.8) is 0 Å². The highest BCUT2D eigenvalue weighted by molar-refractivity contribution is 8.27. The number of amides is 2. The zero-order chi connectivity index (χ0) is 26.5. The maximum absolute atomic E-state index is 13.1. The number of nitrogens with zero attached hydrogens (tertiary/aromatic N) is 1. The first-order valence-electron chi connectivity index (χ1n) is 11.9. The molecule has 0 aromatic heterocycles. The van der Waals surface area contributed by atoms with Crippen LogP contribution in [0.5, 0.6) is 11.5 Å². The normalized spacial score (nSPS) is 14.3. The lowest BCUT2D eigenvalue weighted by Crippen LogP contribution is -2.27. The SMILES string of the molecule is CCOc1cc(/C=C2\SC(=S)N(c3cccc(C)c3)C2=O)ccc1OCC(=O)Nc1cc(C)cc(C)c1. The Morgan fingerprint density at radius 2 is 1.73 bits per heavy atom. The molecule has 3 aromatic rings. The fourth-order valence-electron chi connectivity index (χ4n) is 4.00. The number of thiocarbonyl (C=S) groups is 1. The molecule has 8 heteroatoms. The average Bonchev–Trinajstić information content (AvgIpc) is 3.10. The van der Waals surface area contributed by atoms with Gasteiger partial charge in [0.05, 0.1) is 17.2 Å². The Morgan fingerprint density at radius 3 is 2.43 bits per heavy atom. The number of anilines is 2. The van der Waals surface area contributed by atoms with E-state index in [1.165, 1.54) is 11.8 Å². The van der Waals surface area contributed by atoms with Gasteiger partial charge in [-0.3, -0.25) is 14.5 Å². The molecule has 2 amide bonds. The lowest BCUT2D eigenvalue weighted by molar-refractivity contribution is -0.118. The standard InChI is InChI=1S/C29H28N2O4S2/c1-5-34-25-15-21(16-26-28(33)31(29(36)37-26)23-8-6-7-18(2)14-23)9-10-24(25)35-17-27(32)30-22-12-19(3)11-20(4)13-22/h6-16H,5,17H2,1-4H3,(H,30,32)/b26-16-. The minimum atomic E-state index is -0.267. The highest BCUT2D eigenvalue weighted by Gasteiger charge is 2.33. The number of carbonyl (C=O) groups is 2. The highest BCUT2D eigenvalue weighted by Crippen LogP contribution is 2.37. The molecule has 0 atom stereocenters. The Balaban J connectivity index is 1.48. The van der Waals surface area contributed by atoms with Crippen LogP contribution in [0.25, 0.3) is 6.08 Å². The molecule has 3 aromatic carbocycles. The van der Waals surface area contributed by atoms with Crippen molar-refractivity contribution in [2.75, 3.05) is 23.4 Å². The number of thioether (sulfide) groups is 1. The van der Waals surface area contributed by atoms with Gasteiger partial charge < -0.3 is 14.8 Å². The van der Waals surface area contributed by atoms with E-state index in [4.69, 9.17) is 21.7 Å². The predicted octanol–water partition coefficient (Wildman–Crippen LogP) is 6.43. The van der Waals surface area contributed by atoms with Gasteiger partial charge in [-0.15, -0.1) is 0 Å². The van der Waals surface area contributed by atoms with Crippen LogP contribution in [0, 0.1) is 20.8 Å². The zero-order valence-electron chi connectivity index (χ0n) is 21.2. The summed E-state index contributed by atoms with van der Waals surface area (Å²) in [6.07, 6.45) is 1.79. The van der Waals surface area contributed by atoms with E-state index < -0.39 is 0 Å². The molecule has 0 spiro atoms. The molecule has 0 aliphatic carbocycles. The summed E-state index contributed by atoms with van der Waals surface area (Å²) < 4.78 is 12.0. The Kier molecular flexibility index (Phi) is 8.31. The van der Waals surface area contributed by atoms with Crippen LogP contribution in [0.3, 0.4) is 0 Å². The van der Waals surface area contributed by atoms with Gasteiger partial charge in [0.25, 0.3) is 11.8 Å². The van der Waals surface area contributed by atoms with Gasteiger partial charge in [-0.1, -0.05) is 48.2 Å². The summed E-state index contributed by atoms with van der Waals surface area (Å²) in [5.74, 6) is 0.504. The van der Waals surface area contributed by atoms with Crippen molar-refractivity contribution in [2.24, 2.45) is 0 Å². The molecule has 1 fully saturated rings.